The molecule has 1 saturated heterocycles. The first kappa shape index (κ1) is 19.5. The normalized spacial score (nSPS) is 16.9. The molecule has 9 heteroatoms. The Morgan fingerprint density at radius 1 is 1.37 bits per heavy atom. The number of carbonyl (C=O) groups excluding carboxylic acids is 1. The molecule has 1 aliphatic heterocycles. The Kier molecular flexibility index (Phi) is 5.93. The maximum absolute atomic E-state index is 12.9. The number of thiophene rings is 1. The maximum Gasteiger partial charge on any atom is 0.332 e. The first-order valence-corrected chi connectivity index (χ1v) is 9.71. The first-order valence-electron chi connectivity index (χ1n) is 8.83. The van der Waals surface area contributed by atoms with E-state index in [9.17, 15) is 14.4 Å². The van der Waals surface area contributed by atoms with Crippen LogP contribution in [0, 0.1) is 0 Å². The standard InChI is InChI=1S/C18H24N4O4S/c1-20-16(19)15(17(24)21(2)18(20)25)14(23)11-22(9-12-5-3-7-26-12)10-13-6-4-8-27-13/h4,6,8,12H,3,5,7,9-11,19H2,1-2H3. The number of ether oxygens (including phenoxy) is 1. The van der Waals surface area contributed by atoms with Crippen LogP contribution in [-0.2, 0) is 25.4 Å². The topological polar surface area (TPSA) is 99.6 Å². The third kappa shape index (κ3) is 4.20. The van der Waals surface area contributed by atoms with E-state index in [4.69, 9.17) is 10.5 Å². The summed E-state index contributed by atoms with van der Waals surface area (Å²) in [4.78, 5) is 40.4. The van der Waals surface area contributed by atoms with E-state index in [1.54, 1.807) is 11.3 Å². The van der Waals surface area contributed by atoms with Crippen molar-refractivity contribution in [1.29, 1.82) is 0 Å². The number of rotatable bonds is 7. The van der Waals surface area contributed by atoms with Crippen LogP contribution in [0.2, 0.25) is 0 Å². The quantitative estimate of drug-likeness (QED) is 0.693. The summed E-state index contributed by atoms with van der Waals surface area (Å²) in [6.45, 7) is 1.97. The molecule has 0 bridgehead atoms. The Hall–Kier alpha value is -2.23. The molecule has 1 fully saturated rings. The van der Waals surface area contributed by atoms with Crippen LogP contribution in [0.1, 0.15) is 28.1 Å². The van der Waals surface area contributed by atoms with Crippen LogP contribution in [0.25, 0.3) is 0 Å². The average Bonchev–Trinajstić information content (AvgIpc) is 3.32. The number of anilines is 1. The number of ketones is 1. The summed E-state index contributed by atoms with van der Waals surface area (Å²) < 4.78 is 7.74. The molecule has 0 amide bonds. The average molecular weight is 392 g/mol. The zero-order valence-electron chi connectivity index (χ0n) is 15.5. The van der Waals surface area contributed by atoms with Crippen molar-refractivity contribution in [3.05, 3.63) is 48.8 Å². The van der Waals surface area contributed by atoms with Gasteiger partial charge in [-0.25, -0.2) is 4.79 Å². The van der Waals surface area contributed by atoms with E-state index in [2.05, 4.69) is 0 Å². The summed E-state index contributed by atoms with van der Waals surface area (Å²) in [5.41, 5.74) is 4.57. The Morgan fingerprint density at radius 3 is 2.78 bits per heavy atom. The van der Waals surface area contributed by atoms with Gasteiger partial charge in [-0.3, -0.25) is 23.6 Å². The minimum atomic E-state index is -0.659. The molecule has 2 N–H and O–H groups in total. The van der Waals surface area contributed by atoms with E-state index < -0.39 is 17.0 Å². The number of carbonyl (C=O) groups is 1. The highest BCUT2D eigenvalue weighted by Crippen LogP contribution is 2.18. The molecule has 8 nitrogen and oxygen atoms in total. The Bertz CT molecular complexity index is 926. The van der Waals surface area contributed by atoms with Crippen LogP contribution in [0.5, 0.6) is 0 Å². The fourth-order valence-corrected chi connectivity index (χ4v) is 4.03. The molecule has 0 spiro atoms. The number of aromatic nitrogens is 2. The predicted molar refractivity (Wildman–Crippen MR) is 104 cm³/mol. The van der Waals surface area contributed by atoms with Gasteiger partial charge in [0.25, 0.3) is 5.56 Å². The molecule has 2 aromatic heterocycles. The second-order valence-electron chi connectivity index (χ2n) is 6.77. The fraction of sp³-hybridized carbons (Fsp3) is 0.500. The van der Waals surface area contributed by atoms with Crippen LogP contribution in [0.15, 0.2) is 27.1 Å². The van der Waals surface area contributed by atoms with Crippen molar-refractivity contribution in [3.63, 3.8) is 0 Å². The van der Waals surface area contributed by atoms with Crippen molar-refractivity contribution < 1.29 is 9.53 Å². The maximum atomic E-state index is 12.9. The van der Waals surface area contributed by atoms with Gasteiger partial charge in [0.1, 0.15) is 11.4 Å². The van der Waals surface area contributed by atoms with E-state index in [0.29, 0.717) is 13.1 Å². The van der Waals surface area contributed by atoms with Gasteiger partial charge in [0.15, 0.2) is 5.78 Å². The summed E-state index contributed by atoms with van der Waals surface area (Å²) in [5.74, 6) is -0.487. The second kappa shape index (κ2) is 8.20. The lowest BCUT2D eigenvalue weighted by Gasteiger charge is -2.24. The van der Waals surface area contributed by atoms with E-state index >= 15 is 0 Å². The molecule has 3 heterocycles. The lowest BCUT2D eigenvalue weighted by Crippen LogP contribution is -2.44. The van der Waals surface area contributed by atoms with Gasteiger partial charge < -0.3 is 10.5 Å². The molecular formula is C18H24N4O4S. The molecule has 0 saturated carbocycles. The molecular weight excluding hydrogens is 368 g/mol. The van der Waals surface area contributed by atoms with Crippen molar-refractivity contribution in [1.82, 2.24) is 14.0 Å². The molecule has 27 heavy (non-hydrogen) atoms. The number of Topliss-reactive ketones (excluding diaryl/α,β-unsaturated/α-hetero) is 1. The predicted octanol–water partition coefficient (Wildman–Crippen LogP) is 0.592. The van der Waals surface area contributed by atoms with Crippen molar-refractivity contribution in [2.24, 2.45) is 14.1 Å². The lowest BCUT2D eigenvalue weighted by molar-refractivity contribution is 0.0652. The van der Waals surface area contributed by atoms with Crippen molar-refractivity contribution in [2.45, 2.75) is 25.5 Å². The van der Waals surface area contributed by atoms with Crippen LogP contribution in [0.3, 0.4) is 0 Å². The van der Waals surface area contributed by atoms with E-state index in [-0.39, 0.29) is 24.0 Å². The van der Waals surface area contributed by atoms with Gasteiger partial charge in [-0.05, 0) is 24.3 Å². The molecule has 146 valence electrons. The monoisotopic (exact) mass is 392 g/mol. The van der Waals surface area contributed by atoms with Crippen LogP contribution in [0.4, 0.5) is 5.82 Å². The SMILES string of the molecule is Cn1c(N)c(C(=O)CN(Cc2cccs2)CC2CCCO2)c(=O)n(C)c1=O. The van der Waals surface area contributed by atoms with Gasteiger partial charge in [0.05, 0.1) is 12.6 Å². The number of hydrogen-bond donors (Lipinski definition) is 1. The van der Waals surface area contributed by atoms with Gasteiger partial charge in [-0.15, -0.1) is 11.3 Å². The summed E-state index contributed by atoms with van der Waals surface area (Å²) in [5, 5.41) is 1.99. The Morgan fingerprint density at radius 2 is 2.15 bits per heavy atom. The first-order chi connectivity index (χ1) is 12.9. The molecule has 0 radical (unpaired) electrons. The smallest absolute Gasteiger partial charge is 0.332 e. The third-order valence-corrected chi connectivity index (χ3v) is 5.66. The zero-order valence-corrected chi connectivity index (χ0v) is 16.3. The largest absolute Gasteiger partial charge is 0.384 e. The van der Waals surface area contributed by atoms with Gasteiger partial charge >= 0.3 is 5.69 Å². The molecule has 1 atom stereocenters. The minimum Gasteiger partial charge on any atom is -0.384 e. The molecule has 0 aliphatic carbocycles. The minimum absolute atomic E-state index is 0.0371. The van der Waals surface area contributed by atoms with Crippen molar-refractivity contribution in [3.8, 4) is 0 Å². The Balaban J connectivity index is 1.85. The van der Waals surface area contributed by atoms with E-state index in [0.717, 1.165) is 33.5 Å². The lowest BCUT2D eigenvalue weighted by atomic mass is 10.1. The number of hydrogen-bond acceptors (Lipinski definition) is 7. The summed E-state index contributed by atoms with van der Waals surface area (Å²) in [6, 6.07) is 3.98. The van der Waals surface area contributed by atoms with Gasteiger partial charge in [-0.2, -0.15) is 0 Å². The van der Waals surface area contributed by atoms with Crippen LogP contribution in [-0.4, -0.2) is 45.6 Å². The van der Waals surface area contributed by atoms with E-state index in [1.165, 1.54) is 14.1 Å². The number of nitrogen functional groups attached to an aromatic ring is 1. The highest BCUT2D eigenvalue weighted by atomic mass is 32.1. The zero-order chi connectivity index (χ0) is 19.6. The van der Waals surface area contributed by atoms with Gasteiger partial charge in [0.2, 0.25) is 0 Å². The van der Waals surface area contributed by atoms with Crippen LogP contribution < -0.4 is 17.0 Å². The molecule has 3 rings (SSSR count). The number of nitrogens with zero attached hydrogens (tertiary/aromatic N) is 3. The van der Waals surface area contributed by atoms with Crippen LogP contribution >= 0.6 is 11.3 Å². The number of nitrogens with two attached hydrogens (primary N) is 1. The summed E-state index contributed by atoms with van der Waals surface area (Å²) in [7, 11) is 2.79. The molecule has 1 aliphatic rings. The summed E-state index contributed by atoms with van der Waals surface area (Å²) >= 11 is 1.62. The van der Waals surface area contributed by atoms with Gasteiger partial charge in [-0.1, -0.05) is 6.07 Å². The molecule has 2 aromatic rings. The molecule has 0 aromatic carbocycles. The van der Waals surface area contributed by atoms with Crippen molar-refractivity contribution in [2.75, 3.05) is 25.4 Å². The Labute approximate surface area is 160 Å². The van der Waals surface area contributed by atoms with Gasteiger partial charge in [0, 0.05) is 38.7 Å². The third-order valence-electron chi connectivity index (χ3n) is 4.80. The summed E-state index contributed by atoms with van der Waals surface area (Å²) in [6.07, 6.45) is 2.05. The van der Waals surface area contributed by atoms with Crippen molar-refractivity contribution >= 4 is 22.9 Å². The highest BCUT2D eigenvalue weighted by Gasteiger charge is 2.25. The second-order valence-corrected chi connectivity index (χ2v) is 7.81. The fourth-order valence-electron chi connectivity index (χ4n) is 3.29. The molecule has 1 unspecified atom stereocenters. The van der Waals surface area contributed by atoms with E-state index in [1.807, 2.05) is 22.4 Å². The highest BCUT2D eigenvalue weighted by molar-refractivity contribution is 7.09.